The van der Waals surface area contributed by atoms with Crippen LogP contribution in [0.1, 0.15) is 32.8 Å². The number of likely N-dealkylation sites (tertiary alicyclic amines) is 1. The molecule has 1 aromatic carbocycles. The molecule has 1 heterocycles. The van der Waals surface area contributed by atoms with E-state index in [0.717, 1.165) is 12.0 Å². The Kier molecular flexibility index (Phi) is 7.27. The van der Waals surface area contributed by atoms with Crippen LogP contribution in [-0.2, 0) is 16.0 Å². The van der Waals surface area contributed by atoms with Crippen LogP contribution in [0.25, 0.3) is 0 Å². The Balaban J connectivity index is 1.59. The SMILES string of the molecule is CC(C)(C)C=C(C#N)C(=O)N1C[C@H]2C[C@H]2[C@@H]1COC(=O)N[C@@H](Cc1ccccc1)B(O)O. The molecule has 2 aliphatic rings. The fourth-order valence-corrected chi connectivity index (χ4v) is 4.20. The number of carbonyl (C=O) groups excluding carboxylic acids is 2. The molecule has 170 valence electrons. The largest absolute Gasteiger partial charge is 0.475 e. The summed E-state index contributed by atoms with van der Waals surface area (Å²) >= 11 is 0. The highest BCUT2D eigenvalue weighted by atomic mass is 16.5. The molecule has 1 aliphatic heterocycles. The molecule has 3 rings (SSSR count). The van der Waals surface area contributed by atoms with E-state index in [1.807, 2.05) is 57.2 Å². The molecule has 0 bridgehead atoms. The van der Waals surface area contributed by atoms with Crippen molar-refractivity contribution in [3.8, 4) is 6.07 Å². The number of carbonyl (C=O) groups is 2. The van der Waals surface area contributed by atoms with Crippen LogP contribution in [0.4, 0.5) is 4.79 Å². The van der Waals surface area contributed by atoms with Gasteiger partial charge in [-0.1, -0.05) is 57.2 Å². The van der Waals surface area contributed by atoms with Crippen LogP contribution in [-0.4, -0.2) is 59.2 Å². The second-order valence-corrected chi connectivity index (χ2v) is 9.67. The fourth-order valence-electron chi connectivity index (χ4n) is 4.20. The molecule has 1 saturated heterocycles. The van der Waals surface area contributed by atoms with Crippen molar-refractivity contribution in [2.75, 3.05) is 13.2 Å². The predicted molar refractivity (Wildman–Crippen MR) is 119 cm³/mol. The number of alkyl carbamates (subject to hydrolysis) is 1. The van der Waals surface area contributed by atoms with E-state index >= 15 is 0 Å². The molecule has 3 N–H and O–H groups in total. The van der Waals surface area contributed by atoms with Crippen molar-refractivity contribution in [1.82, 2.24) is 10.2 Å². The van der Waals surface area contributed by atoms with E-state index in [1.165, 1.54) is 0 Å². The molecule has 1 saturated carbocycles. The molecular formula is C23H30BN3O5. The molecule has 32 heavy (non-hydrogen) atoms. The summed E-state index contributed by atoms with van der Waals surface area (Å²) in [5.41, 5.74) is 0.627. The van der Waals surface area contributed by atoms with Gasteiger partial charge in [0.1, 0.15) is 18.2 Å². The number of nitriles is 1. The smallest absolute Gasteiger partial charge is 0.447 e. The highest BCUT2D eigenvalue weighted by Gasteiger charge is 2.54. The summed E-state index contributed by atoms with van der Waals surface area (Å²) < 4.78 is 5.37. The number of allylic oxidation sites excluding steroid dienone is 1. The monoisotopic (exact) mass is 439 g/mol. The maximum atomic E-state index is 13.0. The molecule has 2 fully saturated rings. The topological polar surface area (TPSA) is 123 Å². The molecule has 0 spiro atoms. The van der Waals surface area contributed by atoms with Gasteiger partial charge in [-0.3, -0.25) is 4.79 Å². The second-order valence-electron chi connectivity index (χ2n) is 9.67. The van der Waals surface area contributed by atoms with E-state index < -0.39 is 19.2 Å². The summed E-state index contributed by atoms with van der Waals surface area (Å²) in [6, 6.07) is 10.9. The van der Waals surface area contributed by atoms with Crippen LogP contribution in [0.15, 0.2) is 42.0 Å². The number of nitrogens with one attached hydrogen (secondary N) is 1. The molecule has 9 heteroatoms. The third-order valence-corrected chi connectivity index (χ3v) is 5.84. The number of piperidine rings is 1. The molecule has 0 unspecified atom stereocenters. The van der Waals surface area contributed by atoms with Gasteiger partial charge >= 0.3 is 13.2 Å². The van der Waals surface area contributed by atoms with Gasteiger partial charge in [-0.2, -0.15) is 5.26 Å². The van der Waals surface area contributed by atoms with Crippen molar-refractivity contribution in [2.24, 2.45) is 17.3 Å². The van der Waals surface area contributed by atoms with Crippen molar-refractivity contribution < 1.29 is 24.4 Å². The highest BCUT2D eigenvalue weighted by Crippen LogP contribution is 2.50. The van der Waals surface area contributed by atoms with Crippen molar-refractivity contribution in [3.05, 3.63) is 47.5 Å². The number of amides is 2. The summed E-state index contributed by atoms with van der Waals surface area (Å²) in [5, 5.41) is 31.2. The predicted octanol–water partition coefficient (Wildman–Crippen LogP) is 1.68. The molecule has 8 nitrogen and oxygen atoms in total. The Morgan fingerprint density at radius 2 is 2.03 bits per heavy atom. The van der Waals surface area contributed by atoms with Gasteiger partial charge in [-0.05, 0) is 35.7 Å². The van der Waals surface area contributed by atoms with E-state index in [-0.39, 0.29) is 41.9 Å². The van der Waals surface area contributed by atoms with Crippen LogP contribution in [0, 0.1) is 28.6 Å². The number of ether oxygens (including phenoxy) is 1. The lowest BCUT2D eigenvalue weighted by molar-refractivity contribution is -0.129. The Morgan fingerprint density at radius 3 is 2.62 bits per heavy atom. The summed E-state index contributed by atoms with van der Waals surface area (Å²) in [5.74, 6) is -0.642. The van der Waals surface area contributed by atoms with Gasteiger partial charge in [0, 0.05) is 6.54 Å². The zero-order valence-corrected chi connectivity index (χ0v) is 18.7. The van der Waals surface area contributed by atoms with Crippen LogP contribution in [0.5, 0.6) is 0 Å². The summed E-state index contributed by atoms with van der Waals surface area (Å²) in [6.45, 7) is 6.31. The van der Waals surface area contributed by atoms with Crippen LogP contribution >= 0.6 is 0 Å². The van der Waals surface area contributed by atoms with E-state index in [4.69, 9.17) is 4.74 Å². The number of benzene rings is 1. The Labute approximate surface area is 189 Å². The molecule has 4 atom stereocenters. The maximum absolute atomic E-state index is 13.0. The van der Waals surface area contributed by atoms with Crippen LogP contribution in [0.3, 0.4) is 0 Å². The Bertz CT molecular complexity index is 906. The summed E-state index contributed by atoms with van der Waals surface area (Å²) in [4.78, 5) is 26.9. The zero-order chi connectivity index (χ0) is 23.5. The first kappa shape index (κ1) is 23.8. The number of rotatable bonds is 7. The van der Waals surface area contributed by atoms with E-state index in [9.17, 15) is 24.9 Å². The lowest BCUT2D eigenvalue weighted by Crippen LogP contribution is -2.49. The minimum absolute atomic E-state index is 0.00739. The number of nitrogens with zero attached hydrogens (tertiary/aromatic N) is 2. The van der Waals surface area contributed by atoms with Crippen molar-refractivity contribution in [3.63, 3.8) is 0 Å². The lowest BCUT2D eigenvalue weighted by Gasteiger charge is -2.28. The minimum Gasteiger partial charge on any atom is -0.447 e. The first-order chi connectivity index (χ1) is 15.1. The second kappa shape index (κ2) is 9.76. The van der Waals surface area contributed by atoms with Gasteiger partial charge in [-0.25, -0.2) is 4.79 Å². The first-order valence-corrected chi connectivity index (χ1v) is 10.9. The molecule has 0 aromatic heterocycles. The zero-order valence-electron chi connectivity index (χ0n) is 18.7. The van der Waals surface area contributed by atoms with Gasteiger partial charge in [0.05, 0.1) is 12.0 Å². The molecule has 2 amide bonds. The average Bonchev–Trinajstić information content (AvgIpc) is 3.41. The number of fused-ring (bicyclic) bond motifs is 1. The molecular weight excluding hydrogens is 409 g/mol. The fraction of sp³-hybridized carbons (Fsp3) is 0.522. The third kappa shape index (κ3) is 6.12. The highest BCUT2D eigenvalue weighted by molar-refractivity contribution is 6.43. The third-order valence-electron chi connectivity index (χ3n) is 5.84. The molecule has 1 aliphatic carbocycles. The van der Waals surface area contributed by atoms with E-state index in [2.05, 4.69) is 5.32 Å². The van der Waals surface area contributed by atoms with E-state index in [1.54, 1.807) is 11.0 Å². The van der Waals surface area contributed by atoms with E-state index in [0.29, 0.717) is 12.5 Å². The molecule has 1 aromatic rings. The van der Waals surface area contributed by atoms with Crippen molar-refractivity contribution in [1.29, 1.82) is 5.26 Å². The van der Waals surface area contributed by atoms with Gasteiger partial charge in [0.2, 0.25) is 0 Å². The lowest BCUT2D eigenvalue weighted by atomic mass is 9.76. The molecule has 0 radical (unpaired) electrons. The normalized spacial score (nSPS) is 23.1. The Morgan fingerprint density at radius 1 is 1.34 bits per heavy atom. The number of hydrogen-bond donors (Lipinski definition) is 3. The van der Waals surface area contributed by atoms with Gasteiger partial charge < -0.3 is 25.0 Å². The summed E-state index contributed by atoms with van der Waals surface area (Å²) in [6.07, 6.45) is 2.09. The summed E-state index contributed by atoms with van der Waals surface area (Å²) in [7, 11) is -1.75. The minimum atomic E-state index is -1.75. The van der Waals surface area contributed by atoms with Gasteiger partial charge in [-0.15, -0.1) is 0 Å². The standard InChI is InChI=1S/C23H30BN3O5/c1-23(2,3)11-17(12-25)21(28)27-13-16-10-18(16)19(27)14-32-22(29)26-20(24(30)31)9-15-7-5-4-6-8-15/h4-8,11,16,18-20,30-31H,9-10,13-14H2,1-3H3,(H,26,29)/t16-,18-,19+,20+/m1/s1. The maximum Gasteiger partial charge on any atom is 0.475 e. The Hall–Kier alpha value is -2.83. The van der Waals surface area contributed by atoms with Gasteiger partial charge in [0.15, 0.2) is 0 Å². The van der Waals surface area contributed by atoms with Crippen LogP contribution < -0.4 is 5.32 Å². The van der Waals surface area contributed by atoms with Gasteiger partial charge in [0.25, 0.3) is 5.91 Å². The van der Waals surface area contributed by atoms with Crippen molar-refractivity contribution >= 4 is 19.1 Å². The van der Waals surface area contributed by atoms with Crippen molar-refractivity contribution in [2.45, 2.75) is 45.6 Å². The van der Waals surface area contributed by atoms with Crippen LogP contribution in [0.2, 0.25) is 0 Å². The quantitative estimate of drug-likeness (QED) is 0.338. The number of hydrogen-bond acceptors (Lipinski definition) is 6. The first-order valence-electron chi connectivity index (χ1n) is 10.9. The average molecular weight is 439 g/mol.